The Bertz CT molecular complexity index is 1770. The molecule has 1 amide bonds. The molecule has 2 rings (SSSR count). The largest absolute Gasteiger partial charge is 0.394 e. The van der Waals surface area contributed by atoms with E-state index < -0.39 is 86.8 Å². The van der Waals surface area contributed by atoms with E-state index in [2.05, 4.69) is 116 Å². The van der Waals surface area contributed by atoms with Gasteiger partial charge in [-0.3, -0.25) is 4.79 Å². The van der Waals surface area contributed by atoms with Gasteiger partial charge in [0.25, 0.3) is 0 Å². The van der Waals surface area contributed by atoms with E-state index in [0.29, 0.717) is 12.8 Å². The minimum Gasteiger partial charge on any atom is -0.394 e. The molecule has 464 valence electrons. The number of carbonyl (C=O) groups is 1. The summed E-state index contributed by atoms with van der Waals surface area (Å²) in [5.74, 6) is -0.272. The van der Waals surface area contributed by atoms with Crippen molar-refractivity contribution in [3.63, 3.8) is 0 Å². The van der Waals surface area contributed by atoms with Crippen molar-refractivity contribution in [2.24, 2.45) is 0 Å². The van der Waals surface area contributed by atoms with Crippen LogP contribution < -0.4 is 5.32 Å². The molecule has 0 bridgehead atoms. The fourth-order valence-electron chi connectivity index (χ4n) is 9.64. The Hall–Kier alpha value is -3.35. The summed E-state index contributed by atoms with van der Waals surface area (Å²) in [7, 11) is 0. The van der Waals surface area contributed by atoms with E-state index in [1.165, 1.54) is 89.9 Å². The average Bonchev–Trinajstić information content (AvgIpc) is 3.62. The van der Waals surface area contributed by atoms with Crippen molar-refractivity contribution < 1.29 is 64.6 Å². The quantitative estimate of drug-likeness (QED) is 0.0204. The van der Waals surface area contributed by atoms with Gasteiger partial charge in [0, 0.05) is 6.42 Å². The van der Waals surface area contributed by atoms with Crippen LogP contribution in [0.15, 0.2) is 109 Å². The summed E-state index contributed by atoms with van der Waals surface area (Å²) < 4.78 is 22.8. The zero-order valence-electron chi connectivity index (χ0n) is 50.0. The number of allylic oxidation sites excluding steroid dienone is 17. The van der Waals surface area contributed by atoms with Crippen LogP contribution in [0.1, 0.15) is 213 Å². The predicted molar refractivity (Wildman–Crippen MR) is 327 cm³/mol. The number of aliphatic hydroxyl groups excluding tert-OH is 8. The van der Waals surface area contributed by atoms with Crippen molar-refractivity contribution in [2.75, 3.05) is 19.8 Å². The smallest absolute Gasteiger partial charge is 0.220 e. The molecule has 81 heavy (non-hydrogen) atoms. The average molecular weight is 1140 g/mol. The standard InChI is InChI=1S/C67H113NO13/c1-3-5-7-9-11-13-15-17-19-21-23-25-26-27-28-29-30-31-33-35-37-39-41-43-45-47-49-51-59(72)68-55(56(71)50-48-46-44-42-40-38-36-34-32-24-22-20-18-16-14-12-10-8-6-4-2)54-78-66-64(77)62(75)65(58(53-70)80-66)81-67-63(76)61(74)60(73)57(52-69)79-67/h5,7,11,13,17,19,23,25,27-28,30-31,35,37,40,42,48,50,55-58,60-67,69-71,73-77H,3-4,6,8-10,12,14-16,18,20-22,24,26,29,32-34,36,38-39,41,43-47,49,51-54H2,1-2H3,(H,68,72)/b7-5-,13-11-,19-17-,25-23-,28-27-,31-30-,37-35-,42-40+,50-48+. The van der Waals surface area contributed by atoms with Crippen LogP contribution in [-0.4, -0.2) is 140 Å². The van der Waals surface area contributed by atoms with Gasteiger partial charge in [-0.15, -0.1) is 0 Å². The van der Waals surface area contributed by atoms with Crippen LogP contribution in [-0.2, 0) is 23.7 Å². The molecule has 0 aromatic heterocycles. The Labute approximate surface area is 489 Å². The van der Waals surface area contributed by atoms with Gasteiger partial charge in [-0.1, -0.05) is 226 Å². The van der Waals surface area contributed by atoms with E-state index in [9.17, 15) is 45.6 Å². The van der Waals surface area contributed by atoms with Crippen molar-refractivity contribution in [3.8, 4) is 0 Å². The molecule has 2 aliphatic rings. The van der Waals surface area contributed by atoms with Gasteiger partial charge in [0.15, 0.2) is 12.6 Å². The van der Waals surface area contributed by atoms with Crippen LogP contribution in [0.2, 0.25) is 0 Å². The van der Waals surface area contributed by atoms with E-state index in [1.54, 1.807) is 6.08 Å². The summed E-state index contributed by atoms with van der Waals surface area (Å²) in [6.45, 7) is 2.65. The molecule has 14 heteroatoms. The van der Waals surface area contributed by atoms with Crippen LogP contribution in [0.25, 0.3) is 0 Å². The molecule has 14 nitrogen and oxygen atoms in total. The second-order valence-corrected chi connectivity index (χ2v) is 21.8. The van der Waals surface area contributed by atoms with Gasteiger partial charge >= 0.3 is 0 Å². The van der Waals surface area contributed by atoms with E-state index in [4.69, 9.17) is 18.9 Å². The van der Waals surface area contributed by atoms with Gasteiger partial charge < -0.3 is 65.1 Å². The molecule has 2 saturated heterocycles. The third kappa shape index (κ3) is 36.2. The molecule has 0 radical (unpaired) electrons. The number of rotatable bonds is 49. The zero-order chi connectivity index (χ0) is 58.8. The second kappa shape index (κ2) is 51.1. The fourth-order valence-corrected chi connectivity index (χ4v) is 9.64. The van der Waals surface area contributed by atoms with Crippen molar-refractivity contribution in [2.45, 2.75) is 286 Å². The highest BCUT2D eigenvalue weighted by molar-refractivity contribution is 5.76. The third-order valence-electron chi connectivity index (χ3n) is 14.7. The molecule has 0 saturated carbocycles. The lowest BCUT2D eigenvalue weighted by Crippen LogP contribution is -2.65. The van der Waals surface area contributed by atoms with Crippen molar-refractivity contribution in [3.05, 3.63) is 109 Å². The maximum atomic E-state index is 13.3. The summed E-state index contributed by atoms with van der Waals surface area (Å²) in [6.07, 6.45) is 55.5. The Morgan fingerprint density at radius 2 is 0.864 bits per heavy atom. The van der Waals surface area contributed by atoms with E-state index in [1.807, 2.05) is 6.08 Å². The molecule has 2 heterocycles. The van der Waals surface area contributed by atoms with E-state index in [0.717, 1.165) is 89.9 Å². The van der Waals surface area contributed by atoms with Gasteiger partial charge in [0.05, 0.1) is 32.0 Å². The highest BCUT2D eigenvalue weighted by atomic mass is 16.7. The number of ether oxygens (including phenoxy) is 4. The van der Waals surface area contributed by atoms with Crippen molar-refractivity contribution >= 4 is 5.91 Å². The normalized spacial score (nSPS) is 24.9. The van der Waals surface area contributed by atoms with Gasteiger partial charge in [-0.05, 0) is 89.9 Å². The highest BCUT2D eigenvalue weighted by Crippen LogP contribution is 2.30. The molecule has 2 fully saturated rings. The van der Waals surface area contributed by atoms with Crippen molar-refractivity contribution in [1.82, 2.24) is 5.32 Å². The van der Waals surface area contributed by atoms with Crippen LogP contribution in [0.4, 0.5) is 0 Å². The maximum Gasteiger partial charge on any atom is 0.220 e. The number of unbranched alkanes of at least 4 members (excludes halogenated alkanes) is 20. The highest BCUT2D eigenvalue weighted by Gasteiger charge is 2.51. The molecule has 9 N–H and O–H groups in total. The minimum atomic E-state index is -1.80. The third-order valence-corrected chi connectivity index (χ3v) is 14.7. The SMILES string of the molecule is CC/C=C\C/C=C\C/C=C\C/C=C\C/C=C\C/C=C\C/C=C\CCCCCCCC(=O)NC(COC1OC(CO)C(OC2OC(CO)C(O)C(O)C2O)C(O)C1O)C(O)/C=C/CC/C=C/CCCCCCCCCCCCCCCC. The van der Waals surface area contributed by atoms with E-state index in [-0.39, 0.29) is 18.9 Å². The number of amides is 1. The lowest BCUT2D eigenvalue weighted by Gasteiger charge is -2.46. The number of nitrogens with one attached hydrogen (secondary N) is 1. The number of carbonyl (C=O) groups excluding carboxylic acids is 1. The summed E-state index contributed by atoms with van der Waals surface area (Å²) in [4.78, 5) is 13.3. The van der Waals surface area contributed by atoms with Gasteiger partial charge in [-0.25, -0.2) is 0 Å². The first-order valence-corrected chi connectivity index (χ1v) is 31.6. The summed E-state index contributed by atoms with van der Waals surface area (Å²) in [5, 5.41) is 87.2. The zero-order valence-corrected chi connectivity index (χ0v) is 50.0. The topological polar surface area (TPSA) is 228 Å². The van der Waals surface area contributed by atoms with Crippen LogP contribution in [0.5, 0.6) is 0 Å². The van der Waals surface area contributed by atoms with Gasteiger partial charge in [-0.2, -0.15) is 0 Å². The molecule has 2 aliphatic heterocycles. The predicted octanol–water partition coefficient (Wildman–Crippen LogP) is 11.6. The molecular formula is C67H113NO13. The molecule has 0 aliphatic carbocycles. The minimum absolute atomic E-state index is 0.244. The second-order valence-electron chi connectivity index (χ2n) is 21.8. The van der Waals surface area contributed by atoms with Crippen LogP contribution in [0.3, 0.4) is 0 Å². The number of aliphatic hydroxyl groups is 8. The van der Waals surface area contributed by atoms with Crippen LogP contribution in [0, 0.1) is 0 Å². The van der Waals surface area contributed by atoms with Gasteiger partial charge in [0.1, 0.15) is 48.8 Å². The Morgan fingerprint density at radius 3 is 1.36 bits per heavy atom. The molecule has 12 unspecified atom stereocenters. The van der Waals surface area contributed by atoms with Crippen molar-refractivity contribution in [1.29, 1.82) is 0 Å². The van der Waals surface area contributed by atoms with Gasteiger partial charge in [0.2, 0.25) is 5.91 Å². The monoisotopic (exact) mass is 1140 g/mol. The van der Waals surface area contributed by atoms with Crippen LogP contribution >= 0.6 is 0 Å². The number of hydrogen-bond acceptors (Lipinski definition) is 13. The lowest BCUT2D eigenvalue weighted by atomic mass is 9.97. The molecule has 0 aromatic carbocycles. The summed E-state index contributed by atoms with van der Waals surface area (Å²) in [5.41, 5.74) is 0. The fraction of sp³-hybridized carbons (Fsp3) is 0.716. The molecule has 0 aromatic rings. The molecule has 12 atom stereocenters. The molecule has 0 spiro atoms. The summed E-state index contributed by atoms with van der Waals surface area (Å²) >= 11 is 0. The van der Waals surface area contributed by atoms with E-state index >= 15 is 0 Å². The lowest BCUT2D eigenvalue weighted by molar-refractivity contribution is -0.359. The first-order valence-electron chi connectivity index (χ1n) is 31.6. The first kappa shape index (κ1) is 73.8. The Balaban J connectivity index is 1.77. The maximum absolute atomic E-state index is 13.3. The summed E-state index contributed by atoms with van der Waals surface area (Å²) in [6, 6.07) is -0.951. The first-order chi connectivity index (χ1) is 39.6. The Morgan fingerprint density at radius 1 is 0.457 bits per heavy atom. The number of hydrogen-bond donors (Lipinski definition) is 9. The molecular weight excluding hydrogens is 1030 g/mol. The Kier molecular flexibility index (Phi) is 46.5.